The summed E-state index contributed by atoms with van der Waals surface area (Å²) in [5.41, 5.74) is 0.872. The second-order valence-corrected chi connectivity index (χ2v) is 17.0. The molecule has 0 atom stereocenters. The van der Waals surface area contributed by atoms with Crippen molar-refractivity contribution in [3.63, 3.8) is 0 Å². The van der Waals surface area contributed by atoms with Crippen LogP contribution in [0.15, 0.2) is 9.32 Å². The van der Waals surface area contributed by atoms with Crippen molar-refractivity contribution in [1.29, 1.82) is 0 Å². The summed E-state index contributed by atoms with van der Waals surface area (Å²) in [6, 6.07) is 0. The van der Waals surface area contributed by atoms with Gasteiger partial charge in [0.15, 0.2) is 0 Å². The molecule has 96 valence electrons. The average Bonchev–Trinajstić information content (AvgIpc) is 1.91. The first kappa shape index (κ1) is 16.7. The van der Waals surface area contributed by atoms with E-state index in [1.807, 2.05) is 3.24 Å². The van der Waals surface area contributed by atoms with Crippen molar-refractivity contribution >= 4 is 29.0 Å². The topological polar surface area (TPSA) is 0 Å². The van der Waals surface area contributed by atoms with Crippen LogP contribution in [0.5, 0.6) is 0 Å². The zero-order valence-corrected chi connectivity index (χ0v) is 16.0. The van der Waals surface area contributed by atoms with Crippen molar-refractivity contribution in [1.82, 2.24) is 0 Å². The molecular weight excluding hydrogens is 324 g/mol. The third-order valence-electron chi connectivity index (χ3n) is 1.96. The molecule has 0 radical (unpaired) electrons. The molecule has 0 rings (SSSR count). The first-order valence-electron chi connectivity index (χ1n) is 6.17. The molecule has 0 fully saturated rings. The first-order chi connectivity index (χ1) is 6.81. The van der Waals surface area contributed by atoms with Gasteiger partial charge in [0.1, 0.15) is 0 Å². The van der Waals surface area contributed by atoms with Gasteiger partial charge in [-0.2, -0.15) is 0 Å². The fraction of sp³-hybridized carbons (Fsp3) is 0.857. The zero-order chi connectivity index (χ0) is 13.2. The van der Waals surface area contributed by atoms with E-state index in [2.05, 4.69) is 67.3 Å². The number of rotatable bonds is 3. The van der Waals surface area contributed by atoms with Crippen LogP contribution in [0.2, 0.25) is 24.1 Å². The molecule has 0 nitrogen and oxygen atoms in total. The van der Waals surface area contributed by atoms with Gasteiger partial charge in [-0.3, -0.25) is 0 Å². The Labute approximate surface area is 114 Å². The average molecular weight is 354 g/mol. The Morgan fingerprint density at radius 2 is 1.44 bits per heavy atom. The fourth-order valence-electron chi connectivity index (χ4n) is 1.16. The van der Waals surface area contributed by atoms with Crippen molar-refractivity contribution < 1.29 is 0 Å². The summed E-state index contributed by atoms with van der Waals surface area (Å²) in [6.07, 6.45) is 2.59. The second-order valence-electron chi connectivity index (χ2n) is 7.97. The Balaban J connectivity index is 4.80. The predicted molar refractivity (Wildman–Crippen MR) is 80.9 cm³/mol. The van der Waals surface area contributed by atoms with Crippen LogP contribution >= 0.6 is 0 Å². The Morgan fingerprint density at radius 3 is 1.69 bits per heavy atom. The van der Waals surface area contributed by atoms with Crippen LogP contribution in [-0.2, 0) is 0 Å². The van der Waals surface area contributed by atoms with E-state index >= 15 is 0 Å². The predicted octanol–water partition coefficient (Wildman–Crippen LogP) is 4.96. The molecule has 0 unspecified atom stereocenters. The molecule has 0 aliphatic rings. The summed E-state index contributed by atoms with van der Waals surface area (Å²) in [5.74, 6) is 0. The van der Waals surface area contributed by atoms with Crippen LogP contribution in [0.3, 0.4) is 0 Å². The molecule has 0 aromatic rings. The van der Waals surface area contributed by atoms with Gasteiger partial charge in [0, 0.05) is 0 Å². The van der Waals surface area contributed by atoms with Gasteiger partial charge in [0.05, 0.1) is 0 Å². The van der Waals surface area contributed by atoms with E-state index in [4.69, 9.17) is 0 Å². The minimum absolute atomic E-state index is 0.0450. The van der Waals surface area contributed by atoms with Gasteiger partial charge in [-0.05, 0) is 0 Å². The van der Waals surface area contributed by atoms with Gasteiger partial charge in [-0.15, -0.1) is 0 Å². The number of hydrogen-bond acceptors (Lipinski definition) is 0. The molecule has 0 aromatic heterocycles. The Kier molecular flexibility index (Phi) is 5.85. The summed E-state index contributed by atoms with van der Waals surface area (Å²) >= 11 is 0.0450. The van der Waals surface area contributed by atoms with Crippen LogP contribution in [0, 0.1) is 10.8 Å². The van der Waals surface area contributed by atoms with Gasteiger partial charge in [0.2, 0.25) is 0 Å². The van der Waals surface area contributed by atoms with Crippen LogP contribution in [0.1, 0.15) is 41.5 Å². The Bertz CT molecular complexity index is 245. The molecule has 0 aliphatic heterocycles. The molecule has 0 N–H and O–H groups in total. The minimum atomic E-state index is -1.08. The van der Waals surface area contributed by atoms with E-state index in [0.29, 0.717) is 10.8 Å². The molecule has 0 saturated heterocycles. The van der Waals surface area contributed by atoms with E-state index < -0.39 is 8.07 Å². The van der Waals surface area contributed by atoms with Gasteiger partial charge >= 0.3 is 115 Å². The van der Waals surface area contributed by atoms with E-state index in [-0.39, 0.29) is 20.9 Å². The summed E-state index contributed by atoms with van der Waals surface area (Å²) in [4.78, 5) is 0. The maximum absolute atomic E-state index is 2.59. The number of allylic oxidation sites excluding steroid dienone is 1. The third-order valence-corrected chi connectivity index (χ3v) is 13.9. The SMILES string of the molecule is CC(C)(C)/C=C(\[Te]CC(C)(C)C)[Si](C)(C)C. The number of hydrogen-bond donors (Lipinski definition) is 0. The molecule has 0 spiro atoms. The van der Waals surface area contributed by atoms with Gasteiger partial charge in [-0.1, -0.05) is 0 Å². The molecule has 0 aromatic carbocycles. The summed E-state index contributed by atoms with van der Waals surface area (Å²) in [7, 11) is -1.08. The monoisotopic (exact) mass is 356 g/mol. The summed E-state index contributed by atoms with van der Waals surface area (Å²) in [5, 5.41) is 0. The third kappa shape index (κ3) is 8.85. The molecule has 16 heavy (non-hydrogen) atoms. The normalized spacial score (nSPS) is 15.4. The Morgan fingerprint density at radius 1 is 1.00 bits per heavy atom. The molecule has 0 saturated carbocycles. The van der Waals surface area contributed by atoms with E-state index in [1.165, 1.54) is 4.47 Å². The zero-order valence-electron chi connectivity index (χ0n) is 12.7. The van der Waals surface area contributed by atoms with Gasteiger partial charge in [0.25, 0.3) is 0 Å². The van der Waals surface area contributed by atoms with Gasteiger partial charge in [-0.25, -0.2) is 0 Å². The molecule has 0 bridgehead atoms. The van der Waals surface area contributed by atoms with Gasteiger partial charge < -0.3 is 0 Å². The van der Waals surface area contributed by atoms with Crippen LogP contribution < -0.4 is 0 Å². The van der Waals surface area contributed by atoms with Crippen molar-refractivity contribution in [2.45, 2.75) is 65.7 Å². The van der Waals surface area contributed by atoms with E-state index in [0.717, 1.165) is 0 Å². The van der Waals surface area contributed by atoms with Crippen molar-refractivity contribution in [2.75, 3.05) is 0 Å². The van der Waals surface area contributed by atoms with Crippen LogP contribution in [-0.4, -0.2) is 29.0 Å². The van der Waals surface area contributed by atoms with E-state index in [9.17, 15) is 0 Å². The fourth-order valence-corrected chi connectivity index (χ4v) is 9.58. The van der Waals surface area contributed by atoms with Crippen LogP contribution in [0.4, 0.5) is 0 Å². The standard InChI is InChI=1S/C14H30SiTe/c1-13(2,3)10-12(15(7,8)9)16-11-14(4,5)6/h10H,11H2,1-9H3/b12-10-. The van der Waals surface area contributed by atoms with Crippen LogP contribution in [0.25, 0.3) is 0 Å². The summed E-state index contributed by atoms with van der Waals surface area (Å²) in [6.45, 7) is 21.6. The second kappa shape index (κ2) is 5.59. The molecule has 2 heteroatoms. The van der Waals surface area contributed by atoms with Crippen molar-refractivity contribution in [3.8, 4) is 0 Å². The van der Waals surface area contributed by atoms with E-state index in [1.54, 1.807) is 0 Å². The van der Waals surface area contributed by atoms with Crippen molar-refractivity contribution in [2.24, 2.45) is 10.8 Å². The molecule has 0 aliphatic carbocycles. The summed E-state index contributed by atoms with van der Waals surface area (Å²) < 4.78 is 3.31. The van der Waals surface area contributed by atoms with Crippen molar-refractivity contribution in [3.05, 3.63) is 9.32 Å². The maximum atomic E-state index is 2.59. The Hall–Kier alpha value is 0.746. The molecular formula is C14H30SiTe. The quantitative estimate of drug-likeness (QED) is 0.629. The first-order valence-corrected chi connectivity index (χ1v) is 12.5. The molecule has 0 amide bonds. The molecule has 0 heterocycles.